The van der Waals surface area contributed by atoms with Crippen molar-refractivity contribution in [2.75, 3.05) is 0 Å². The molecule has 2 aromatic carbocycles. The Morgan fingerprint density at radius 2 is 1.54 bits per heavy atom. The van der Waals surface area contributed by atoms with Crippen molar-refractivity contribution >= 4 is 25.3 Å². The van der Waals surface area contributed by atoms with E-state index in [1.54, 1.807) is 0 Å². The standard InChI is InChI=1S/C5H5S2.C5H5.Fe/c6-4-2-1-3-5(4)7;1-2-4-5-3-1;/h1-3,6-7H;1-5H;/q-1;-5;. The minimum Gasteiger partial charge on any atom is -0.748 e. The fraction of sp³-hybridized carbons (Fsp3) is 0. The summed E-state index contributed by atoms with van der Waals surface area (Å²) >= 11 is 8.15. The molecule has 0 N–H and O–H groups in total. The van der Waals surface area contributed by atoms with Crippen molar-refractivity contribution < 1.29 is 17.1 Å². The summed E-state index contributed by atoms with van der Waals surface area (Å²) in [5.74, 6) is 0. The van der Waals surface area contributed by atoms with Crippen molar-refractivity contribution in [1.82, 2.24) is 0 Å². The quantitative estimate of drug-likeness (QED) is 0.399. The molecule has 0 saturated carbocycles. The van der Waals surface area contributed by atoms with Gasteiger partial charge in [-0.3, -0.25) is 0 Å². The molecule has 0 nitrogen and oxygen atoms in total. The van der Waals surface area contributed by atoms with Gasteiger partial charge in [0, 0.05) is 17.1 Å². The molecule has 0 bridgehead atoms. The summed E-state index contributed by atoms with van der Waals surface area (Å²) in [5, 5.41) is 0. The Kier molecular flexibility index (Phi) is 7.29. The van der Waals surface area contributed by atoms with Gasteiger partial charge >= 0.3 is 0 Å². The summed E-state index contributed by atoms with van der Waals surface area (Å²) in [7, 11) is 0. The van der Waals surface area contributed by atoms with Crippen LogP contribution in [0.1, 0.15) is 0 Å². The van der Waals surface area contributed by atoms with Crippen LogP contribution in [0.5, 0.6) is 0 Å². The Balaban J connectivity index is 0.000000215. The van der Waals surface area contributed by atoms with E-state index in [1.807, 2.05) is 48.5 Å². The van der Waals surface area contributed by atoms with E-state index in [1.165, 1.54) is 0 Å². The molecule has 0 atom stereocenters. The smallest absolute Gasteiger partial charge is 0 e. The number of hydrogen-bond donors (Lipinski definition) is 2. The van der Waals surface area contributed by atoms with E-state index >= 15 is 0 Å². The van der Waals surface area contributed by atoms with Gasteiger partial charge in [0.2, 0.25) is 0 Å². The summed E-state index contributed by atoms with van der Waals surface area (Å²) in [5.41, 5.74) is 0. The second-order valence-electron chi connectivity index (χ2n) is 2.26. The van der Waals surface area contributed by atoms with Crippen LogP contribution in [-0.2, 0) is 17.1 Å². The van der Waals surface area contributed by atoms with Gasteiger partial charge in [-0.25, -0.2) is 18.7 Å². The Labute approximate surface area is 100 Å². The molecule has 0 saturated heterocycles. The molecule has 0 aliphatic heterocycles. The normalized spacial score (nSPS) is 8.15. The number of thiol groups is 2. The molecule has 3 heteroatoms. The van der Waals surface area contributed by atoms with Gasteiger partial charge < -0.3 is 30.3 Å². The average molecular weight is 250 g/mol. The molecular weight excluding hydrogens is 240 g/mol. The van der Waals surface area contributed by atoms with Gasteiger partial charge in [0.1, 0.15) is 0 Å². The van der Waals surface area contributed by atoms with Crippen LogP contribution in [0.2, 0.25) is 0 Å². The maximum Gasteiger partial charge on any atom is 0 e. The van der Waals surface area contributed by atoms with Gasteiger partial charge in [-0.05, 0) is 0 Å². The zero-order chi connectivity index (χ0) is 8.81. The van der Waals surface area contributed by atoms with Gasteiger partial charge in [-0.15, -0.1) is 4.90 Å². The van der Waals surface area contributed by atoms with E-state index in [4.69, 9.17) is 0 Å². The van der Waals surface area contributed by atoms with Crippen LogP contribution in [-0.4, -0.2) is 0 Å². The van der Waals surface area contributed by atoms with Crippen molar-refractivity contribution in [3.63, 3.8) is 0 Å². The van der Waals surface area contributed by atoms with E-state index in [-0.39, 0.29) is 17.1 Å². The summed E-state index contributed by atoms with van der Waals surface area (Å²) in [4.78, 5) is 1.90. The predicted molar refractivity (Wildman–Crippen MR) is 58.6 cm³/mol. The SMILES string of the molecule is Sc1ccc[c-]1S.[Fe].[cH-]1[cH-][cH-][cH-][cH-]1. The summed E-state index contributed by atoms with van der Waals surface area (Å²) in [6.07, 6.45) is 0. The average Bonchev–Trinajstić information content (AvgIpc) is 2.67. The molecule has 0 unspecified atom stereocenters. The Bertz CT molecular complexity index is 265. The van der Waals surface area contributed by atoms with Crippen LogP contribution >= 0.6 is 25.3 Å². The second kappa shape index (κ2) is 7.34. The molecule has 0 aromatic heterocycles. The van der Waals surface area contributed by atoms with Crippen molar-refractivity contribution in [1.29, 1.82) is 0 Å². The fourth-order valence-electron chi connectivity index (χ4n) is 0.722. The third-order valence-corrected chi connectivity index (χ3v) is 2.28. The zero-order valence-electron chi connectivity index (χ0n) is 6.87. The van der Waals surface area contributed by atoms with Crippen LogP contribution in [0.25, 0.3) is 0 Å². The third kappa shape index (κ3) is 5.27. The monoisotopic (exact) mass is 250 g/mol. The molecule has 0 radical (unpaired) electrons. The van der Waals surface area contributed by atoms with Crippen LogP contribution in [0.3, 0.4) is 0 Å². The Morgan fingerprint density at radius 3 is 1.69 bits per heavy atom. The first-order valence-corrected chi connectivity index (χ1v) is 4.50. The van der Waals surface area contributed by atoms with Crippen LogP contribution in [0.4, 0.5) is 0 Å². The van der Waals surface area contributed by atoms with Crippen LogP contribution in [0, 0.1) is 0 Å². The zero-order valence-corrected chi connectivity index (χ0v) is 9.76. The molecule has 0 amide bonds. The summed E-state index contributed by atoms with van der Waals surface area (Å²) in [6, 6.07) is 15.7. The van der Waals surface area contributed by atoms with E-state index in [9.17, 15) is 0 Å². The molecule has 2 rings (SSSR count). The van der Waals surface area contributed by atoms with E-state index < -0.39 is 0 Å². The fourth-order valence-corrected chi connectivity index (χ4v) is 1.04. The molecule has 0 fully saturated rings. The molecule has 0 aliphatic carbocycles. The maximum atomic E-state index is 4.07. The number of hydrogen-bond acceptors (Lipinski definition) is 2. The largest absolute Gasteiger partial charge is 0.748 e. The maximum absolute atomic E-state index is 4.07. The van der Waals surface area contributed by atoms with Crippen molar-refractivity contribution in [2.45, 2.75) is 9.79 Å². The predicted octanol–water partition coefficient (Wildman–Crippen LogP) is 3.39. The van der Waals surface area contributed by atoms with Crippen molar-refractivity contribution in [2.24, 2.45) is 0 Å². The van der Waals surface area contributed by atoms with Gasteiger partial charge in [0.15, 0.2) is 0 Å². The van der Waals surface area contributed by atoms with E-state index in [2.05, 4.69) is 25.3 Å². The van der Waals surface area contributed by atoms with Crippen LogP contribution in [0.15, 0.2) is 58.3 Å². The Morgan fingerprint density at radius 1 is 1.08 bits per heavy atom. The third-order valence-electron chi connectivity index (χ3n) is 1.33. The molecule has 0 spiro atoms. The van der Waals surface area contributed by atoms with E-state index in [0.717, 1.165) is 9.79 Å². The molecule has 13 heavy (non-hydrogen) atoms. The topological polar surface area (TPSA) is 0 Å². The van der Waals surface area contributed by atoms with Gasteiger partial charge in [-0.2, -0.15) is 24.8 Å². The van der Waals surface area contributed by atoms with Crippen molar-refractivity contribution in [3.05, 3.63) is 48.5 Å². The van der Waals surface area contributed by atoms with E-state index in [0.29, 0.717) is 0 Å². The first kappa shape index (κ1) is 12.9. The number of rotatable bonds is 0. The molecule has 2 aromatic rings. The summed E-state index contributed by atoms with van der Waals surface area (Å²) in [6.45, 7) is 0. The van der Waals surface area contributed by atoms with Crippen molar-refractivity contribution in [3.8, 4) is 0 Å². The Hall–Kier alpha value is -0.0805. The van der Waals surface area contributed by atoms with Gasteiger partial charge in [0.25, 0.3) is 0 Å². The molecule has 0 heterocycles. The molecule has 0 aliphatic rings. The minimum atomic E-state index is 0. The summed E-state index contributed by atoms with van der Waals surface area (Å²) < 4.78 is 0. The van der Waals surface area contributed by atoms with Gasteiger partial charge in [0.05, 0.1) is 0 Å². The minimum absolute atomic E-state index is 0. The van der Waals surface area contributed by atoms with Gasteiger partial charge in [-0.1, -0.05) is 4.90 Å². The molecule has 76 valence electrons. The second-order valence-corrected chi connectivity index (χ2v) is 3.22. The van der Waals surface area contributed by atoms with Crippen LogP contribution < -0.4 is 0 Å². The molecular formula is C10H10FeS2-6. The first-order valence-electron chi connectivity index (χ1n) is 3.61. The first-order chi connectivity index (χ1) is 5.80.